The molecule has 0 unspecified atom stereocenters. The minimum absolute atomic E-state index is 0.125. The van der Waals surface area contributed by atoms with Gasteiger partial charge in [-0.15, -0.1) is 0 Å². The molecular formula is C33H37ClN4O4S. The molecule has 0 saturated carbocycles. The zero-order valence-corrected chi connectivity index (χ0v) is 26.9. The Bertz CT molecular complexity index is 1660. The molecule has 1 saturated heterocycles. The number of hydrazone groups is 1. The number of carbonyl (C=O) groups is 1. The average molecular weight is 621 g/mol. The summed E-state index contributed by atoms with van der Waals surface area (Å²) in [6.07, 6.45) is -1.28. The number of anilines is 2. The molecule has 0 amide bonds. The summed E-state index contributed by atoms with van der Waals surface area (Å²) < 4.78 is 13.3. The van der Waals surface area contributed by atoms with Crippen LogP contribution in [0.2, 0.25) is 5.02 Å². The fourth-order valence-electron chi connectivity index (χ4n) is 5.50. The van der Waals surface area contributed by atoms with E-state index in [9.17, 15) is 9.90 Å². The van der Waals surface area contributed by atoms with Gasteiger partial charge in [0.2, 0.25) is 0 Å². The van der Waals surface area contributed by atoms with Gasteiger partial charge in [0.25, 0.3) is 0 Å². The van der Waals surface area contributed by atoms with Crippen LogP contribution in [-0.2, 0) is 14.3 Å². The van der Waals surface area contributed by atoms with Gasteiger partial charge in [-0.3, -0.25) is 5.01 Å². The number of ether oxygens (including phenoxy) is 2. The number of carboxylic acids is 1. The third kappa shape index (κ3) is 6.55. The molecule has 1 N–H and O–H groups in total. The molecule has 1 fully saturated rings. The zero-order chi connectivity index (χ0) is 31.1. The standard InChI is InChI=1S/C33H37ClN4O4S/c1-19-16-22(10-13-25(19)37(7)35-6)26-18-38(14-15-41-26)32-36-24-17-20(2)27(29(31(39)40)42-33(3,4)5)28(30(24)43-32)21-8-11-23(34)12-9-21/h8-13,16-17,26,29H,6,14-15,18H2,1-5,7H3,(H,39,40)/t26-,29+/m1/s1. The molecule has 0 aliphatic carbocycles. The van der Waals surface area contributed by atoms with Gasteiger partial charge in [-0.2, -0.15) is 5.10 Å². The molecule has 226 valence electrons. The van der Waals surface area contributed by atoms with Gasteiger partial charge in [0, 0.05) is 36.5 Å². The Balaban J connectivity index is 1.58. The summed E-state index contributed by atoms with van der Waals surface area (Å²) in [7, 11) is 1.88. The Morgan fingerprint density at radius 3 is 2.56 bits per heavy atom. The minimum Gasteiger partial charge on any atom is -0.479 e. The molecule has 3 aromatic carbocycles. The number of aromatic nitrogens is 1. The lowest BCUT2D eigenvalue weighted by Gasteiger charge is -2.33. The highest BCUT2D eigenvalue weighted by Crippen LogP contribution is 2.45. The number of hydrogen-bond acceptors (Lipinski definition) is 8. The summed E-state index contributed by atoms with van der Waals surface area (Å²) in [4.78, 5) is 19.9. The van der Waals surface area contributed by atoms with Gasteiger partial charge in [0.05, 0.1) is 34.7 Å². The molecule has 0 spiro atoms. The number of morpholine rings is 1. The molecule has 5 rings (SSSR count). The van der Waals surface area contributed by atoms with Crippen LogP contribution in [0.4, 0.5) is 10.8 Å². The van der Waals surface area contributed by atoms with E-state index in [2.05, 4.69) is 35.8 Å². The first-order valence-electron chi connectivity index (χ1n) is 14.1. The minimum atomic E-state index is -1.16. The summed E-state index contributed by atoms with van der Waals surface area (Å²) in [5.41, 5.74) is 6.43. The van der Waals surface area contributed by atoms with Crippen LogP contribution in [-0.4, -0.2) is 55.1 Å². The van der Waals surface area contributed by atoms with E-state index >= 15 is 0 Å². The van der Waals surface area contributed by atoms with Gasteiger partial charge in [0.1, 0.15) is 6.10 Å². The lowest BCUT2D eigenvalue weighted by Crippen LogP contribution is -2.38. The number of fused-ring (bicyclic) bond motifs is 1. The third-order valence-electron chi connectivity index (χ3n) is 7.50. The molecule has 2 heterocycles. The number of thiazole rings is 1. The maximum atomic E-state index is 12.6. The van der Waals surface area contributed by atoms with E-state index in [-0.39, 0.29) is 6.10 Å². The van der Waals surface area contributed by atoms with Crippen molar-refractivity contribution in [3.63, 3.8) is 0 Å². The molecule has 8 nitrogen and oxygen atoms in total. The molecule has 1 aromatic heterocycles. The predicted molar refractivity (Wildman–Crippen MR) is 176 cm³/mol. The summed E-state index contributed by atoms with van der Waals surface area (Å²) in [6.45, 7) is 15.1. The van der Waals surface area contributed by atoms with Crippen LogP contribution >= 0.6 is 22.9 Å². The first kappa shape index (κ1) is 30.9. The zero-order valence-electron chi connectivity index (χ0n) is 25.3. The molecule has 0 radical (unpaired) electrons. The molecule has 1 aliphatic rings. The van der Waals surface area contributed by atoms with E-state index in [1.165, 1.54) is 0 Å². The second kappa shape index (κ2) is 12.2. The lowest BCUT2D eigenvalue weighted by molar-refractivity contribution is -0.160. The Morgan fingerprint density at radius 1 is 1.21 bits per heavy atom. The quantitative estimate of drug-likeness (QED) is 0.159. The molecule has 4 aromatic rings. The van der Waals surface area contributed by atoms with Crippen molar-refractivity contribution < 1.29 is 19.4 Å². The second-order valence-corrected chi connectivity index (χ2v) is 13.2. The van der Waals surface area contributed by atoms with E-state index < -0.39 is 17.7 Å². The highest BCUT2D eigenvalue weighted by Gasteiger charge is 2.33. The maximum absolute atomic E-state index is 12.6. The summed E-state index contributed by atoms with van der Waals surface area (Å²) in [6, 6.07) is 15.7. The van der Waals surface area contributed by atoms with Gasteiger partial charge in [-0.1, -0.05) is 47.2 Å². The predicted octanol–water partition coefficient (Wildman–Crippen LogP) is 7.80. The highest BCUT2D eigenvalue weighted by atomic mass is 35.5. The Morgan fingerprint density at radius 2 is 1.93 bits per heavy atom. The first-order chi connectivity index (χ1) is 20.4. The van der Waals surface area contributed by atoms with Crippen molar-refractivity contribution >= 4 is 56.7 Å². The number of carboxylic acid groups (broad SMARTS) is 1. The van der Waals surface area contributed by atoms with Crippen molar-refractivity contribution in [1.82, 2.24) is 4.98 Å². The van der Waals surface area contributed by atoms with Crippen molar-refractivity contribution in [3.8, 4) is 11.1 Å². The molecular weight excluding hydrogens is 584 g/mol. The van der Waals surface area contributed by atoms with Gasteiger partial charge in [-0.05, 0) is 81.1 Å². The van der Waals surface area contributed by atoms with E-state index in [0.29, 0.717) is 30.3 Å². The van der Waals surface area contributed by atoms with Gasteiger partial charge in [-0.25, -0.2) is 9.78 Å². The number of benzene rings is 3. The summed E-state index contributed by atoms with van der Waals surface area (Å²) in [5, 5.41) is 17.6. The molecule has 0 bridgehead atoms. The summed E-state index contributed by atoms with van der Waals surface area (Å²) >= 11 is 7.80. The van der Waals surface area contributed by atoms with Crippen LogP contribution in [0.1, 0.15) is 55.2 Å². The average Bonchev–Trinajstić information content (AvgIpc) is 3.38. The van der Waals surface area contributed by atoms with Crippen LogP contribution in [0.25, 0.3) is 21.3 Å². The van der Waals surface area contributed by atoms with E-state index in [0.717, 1.165) is 48.9 Å². The molecule has 1 aliphatic heterocycles. The van der Waals surface area contributed by atoms with Crippen molar-refractivity contribution in [3.05, 3.63) is 75.8 Å². The van der Waals surface area contributed by atoms with Crippen molar-refractivity contribution in [2.24, 2.45) is 5.10 Å². The molecule has 10 heteroatoms. The smallest absolute Gasteiger partial charge is 0.337 e. The van der Waals surface area contributed by atoms with Crippen molar-refractivity contribution in [2.75, 3.05) is 36.7 Å². The fraction of sp³-hybridized carbons (Fsp3) is 0.364. The highest BCUT2D eigenvalue weighted by molar-refractivity contribution is 7.22. The van der Waals surface area contributed by atoms with Gasteiger partial charge >= 0.3 is 5.97 Å². The number of halogens is 1. The van der Waals surface area contributed by atoms with Crippen molar-refractivity contribution in [2.45, 2.75) is 52.4 Å². The second-order valence-electron chi connectivity index (χ2n) is 11.8. The van der Waals surface area contributed by atoms with E-state index in [1.807, 2.05) is 71.1 Å². The third-order valence-corrected chi connectivity index (χ3v) is 8.90. The Labute approximate surface area is 261 Å². The number of nitrogens with zero attached hydrogens (tertiary/aromatic N) is 4. The number of hydrogen-bond donors (Lipinski definition) is 1. The topological polar surface area (TPSA) is 87.5 Å². The van der Waals surface area contributed by atoms with Crippen LogP contribution in [0.15, 0.2) is 53.6 Å². The van der Waals surface area contributed by atoms with Crippen LogP contribution in [0.5, 0.6) is 0 Å². The monoisotopic (exact) mass is 620 g/mol. The van der Waals surface area contributed by atoms with Crippen molar-refractivity contribution in [1.29, 1.82) is 0 Å². The van der Waals surface area contributed by atoms with Gasteiger partial charge < -0.3 is 19.5 Å². The van der Waals surface area contributed by atoms with Gasteiger partial charge in [0.15, 0.2) is 11.2 Å². The first-order valence-corrected chi connectivity index (χ1v) is 15.3. The summed E-state index contributed by atoms with van der Waals surface area (Å²) in [5.74, 6) is -1.04. The molecule has 43 heavy (non-hydrogen) atoms. The number of aliphatic carboxylic acids is 1. The Hall–Kier alpha value is -3.50. The van der Waals surface area contributed by atoms with Crippen LogP contribution in [0.3, 0.4) is 0 Å². The fourth-order valence-corrected chi connectivity index (χ4v) is 6.79. The normalized spacial score (nSPS) is 16.3. The van der Waals surface area contributed by atoms with E-state index in [1.54, 1.807) is 16.3 Å². The number of rotatable bonds is 8. The largest absolute Gasteiger partial charge is 0.479 e. The van der Waals surface area contributed by atoms with Crippen LogP contribution in [0, 0.1) is 13.8 Å². The molecule has 2 atom stereocenters. The lowest BCUT2D eigenvalue weighted by atomic mass is 9.91. The maximum Gasteiger partial charge on any atom is 0.337 e. The number of aryl methyl sites for hydroxylation is 2. The Kier molecular flexibility index (Phi) is 8.81. The van der Waals surface area contributed by atoms with Crippen LogP contribution < -0.4 is 9.91 Å². The SMILES string of the molecule is C=NN(C)c1ccc([C@H]2CN(c3nc4cc(C)c([C@H](OC(C)(C)C)C(=O)O)c(-c5ccc(Cl)cc5)c4s3)CCO2)cc1C. The van der Waals surface area contributed by atoms with E-state index in [4.69, 9.17) is 26.1 Å².